The number of carbonyl (C=O) groups excluding carboxylic acids is 2. The normalized spacial score (nSPS) is 11.2. The van der Waals surface area contributed by atoms with Crippen LogP contribution in [0.3, 0.4) is 0 Å². The monoisotopic (exact) mass is 413 g/mol. The summed E-state index contributed by atoms with van der Waals surface area (Å²) in [6.07, 6.45) is 0.695. The van der Waals surface area contributed by atoms with Crippen molar-refractivity contribution in [1.29, 1.82) is 0 Å². The first-order valence-corrected chi connectivity index (χ1v) is 10.3. The molecule has 0 saturated heterocycles. The maximum Gasteiger partial charge on any atom is 0.332 e. The molecule has 1 N–H and O–H groups in total. The zero-order valence-electron chi connectivity index (χ0n) is 16.6. The maximum absolute atomic E-state index is 12.9. The first kappa shape index (κ1) is 20.7. The van der Waals surface area contributed by atoms with Crippen molar-refractivity contribution < 1.29 is 9.59 Å². The molecule has 0 bridgehead atoms. The molecule has 2 aromatic heterocycles. The standard InChI is InChI=1S/C21H23N3O4S/c1-13(2)8-10-23-20(27)19-17(9-11-29-19)24(21(23)28)12-18(26)22-16-6-4-15(5-7-16)14(3)25/h4-7,9,11,13H,8,10,12H2,1-3H3,(H,22,26). The van der Waals surface area contributed by atoms with E-state index in [0.29, 0.717) is 40.4 Å². The molecule has 0 aliphatic rings. The van der Waals surface area contributed by atoms with Crippen molar-refractivity contribution in [3.05, 3.63) is 62.1 Å². The fourth-order valence-electron chi connectivity index (χ4n) is 3.00. The van der Waals surface area contributed by atoms with E-state index in [0.717, 1.165) is 0 Å². The van der Waals surface area contributed by atoms with Gasteiger partial charge in [-0.05, 0) is 55.0 Å². The summed E-state index contributed by atoms with van der Waals surface area (Å²) in [6, 6.07) is 8.23. The van der Waals surface area contributed by atoms with Gasteiger partial charge < -0.3 is 5.32 Å². The van der Waals surface area contributed by atoms with E-state index in [1.807, 2.05) is 13.8 Å². The Morgan fingerprint density at radius 1 is 1.07 bits per heavy atom. The number of amides is 1. The molecule has 29 heavy (non-hydrogen) atoms. The molecule has 1 aromatic carbocycles. The molecular weight excluding hydrogens is 390 g/mol. The highest BCUT2D eigenvalue weighted by atomic mass is 32.1. The van der Waals surface area contributed by atoms with Gasteiger partial charge in [0, 0.05) is 17.8 Å². The Labute approximate surface area is 171 Å². The van der Waals surface area contributed by atoms with E-state index >= 15 is 0 Å². The number of anilines is 1. The number of hydrogen-bond donors (Lipinski definition) is 1. The number of Topliss-reactive ketones (excluding diaryl/α,β-unsaturated/α-hetero) is 1. The van der Waals surface area contributed by atoms with Gasteiger partial charge in [0.1, 0.15) is 11.2 Å². The second kappa shape index (κ2) is 8.57. The van der Waals surface area contributed by atoms with Crippen molar-refractivity contribution >= 4 is 38.9 Å². The Hall–Kier alpha value is -3.00. The molecule has 0 spiro atoms. The predicted molar refractivity (Wildman–Crippen MR) is 115 cm³/mol. The molecule has 0 atom stereocenters. The second-order valence-electron chi connectivity index (χ2n) is 7.32. The van der Waals surface area contributed by atoms with Crippen LogP contribution in [0.15, 0.2) is 45.3 Å². The van der Waals surface area contributed by atoms with Crippen molar-refractivity contribution in [2.45, 2.75) is 40.3 Å². The number of rotatable bonds is 7. The van der Waals surface area contributed by atoms with Crippen LogP contribution in [-0.2, 0) is 17.9 Å². The molecule has 8 heteroatoms. The Balaban J connectivity index is 1.89. The topological polar surface area (TPSA) is 90.2 Å². The summed E-state index contributed by atoms with van der Waals surface area (Å²) in [4.78, 5) is 49.5. The Bertz CT molecular complexity index is 1170. The van der Waals surface area contributed by atoms with Gasteiger partial charge in [0.05, 0.1) is 5.52 Å². The fraction of sp³-hybridized carbons (Fsp3) is 0.333. The summed E-state index contributed by atoms with van der Waals surface area (Å²) in [6.45, 7) is 5.64. The summed E-state index contributed by atoms with van der Waals surface area (Å²) in [5, 5.41) is 4.47. The van der Waals surface area contributed by atoms with E-state index in [-0.39, 0.29) is 23.8 Å². The lowest BCUT2D eigenvalue weighted by Gasteiger charge is -2.13. The Morgan fingerprint density at radius 3 is 2.38 bits per heavy atom. The second-order valence-corrected chi connectivity index (χ2v) is 8.24. The summed E-state index contributed by atoms with van der Waals surface area (Å²) in [7, 11) is 0. The number of hydrogen-bond acceptors (Lipinski definition) is 5. The third-order valence-electron chi connectivity index (χ3n) is 4.64. The van der Waals surface area contributed by atoms with Gasteiger partial charge in [-0.2, -0.15) is 0 Å². The Morgan fingerprint density at radius 2 is 1.76 bits per heavy atom. The average molecular weight is 413 g/mol. The quantitative estimate of drug-likeness (QED) is 0.603. The lowest BCUT2D eigenvalue weighted by molar-refractivity contribution is -0.116. The van der Waals surface area contributed by atoms with E-state index in [9.17, 15) is 19.2 Å². The van der Waals surface area contributed by atoms with Gasteiger partial charge in [0.15, 0.2) is 5.78 Å². The molecule has 3 aromatic rings. The Kier molecular flexibility index (Phi) is 6.12. The highest BCUT2D eigenvalue weighted by Crippen LogP contribution is 2.16. The summed E-state index contributed by atoms with van der Waals surface area (Å²) >= 11 is 1.26. The number of carbonyl (C=O) groups is 2. The SMILES string of the molecule is CC(=O)c1ccc(NC(=O)Cn2c(=O)n(CCC(C)C)c(=O)c3sccc32)cc1. The molecule has 0 saturated carbocycles. The first-order chi connectivity index (χ1) is 13.8. The van der Waals surface area contributed by atoms with Crippen molar-refractivity contribution in [2.75, 3.05) is 5.32 Å². The molecule has 2 heterocycles. The smallest absolute Gasteiger partial charge is 0.325 e. The van der Waals surface area contributed by atoms with Crippen LogP contribution in [0, 0.1) is 5.92 Å². The average Bonchev–Trinajstić information content (AvgIpc) is 3.15. The maximum atomic E-state index is 12.9. The van der Waals surface area contributed by atoms with Crippen molar-refractivity contribution in [3.63, 3.8) is 0 Å². The number of thiophene rings is 1. The van der Waals surface area contributed by atoms with Crippen molar-refractivity contribution in [3.8, 4) is 0 Å². The number of nitrogens with one attached hydrogen (secondary N) is 1. The fourth-order valence-corrected chi connectivity index (χ4v) is 3.85. The van der Waals surface area contributed by atoms with E-state index in [1.165, 1.54) is 27.4 Å². The molecule has 0 radical (unpaired) electrons. The van der Waals surface area contributed by atoms with Gasteiger partial charge in [-0.3, -0.25) is 23.5 Å². The first-order valence-electron chi connectivity index (χ1n) is 9.39. The minimum absolute atomic E-state index is 0.0575. The highest BCUT2D eigenvalue weighted by Gasteiger charge is 2.16. The van der Waals surface area contributed by atoms with Crippen LogP contribution < -0.4 is 16.6 Å². The number of ketones is 1. The lowest BCUT2D eigenvalue weighted by atomic mass is 10.1. The van der Waals surface area contributed by atoms with Crippen LogP contribution in [-0.4, -0.2) is 20.8 Å². The molecule has 0 aliphatic heterocycles. The number of nitrogens with zero attached hydrogens (tertiary/aromatic N) is 2. The molecule has 7 nitrogen and oxygen atoms in total. The molecule has 0 unspecified atom stereocenters. The minimum Gasteiger partial charge on any atom is -0.325 e. The summed E-state index contributed by atoms with van der Waals surface area (Å²) < 4.78 is 3.02. The molecule has 3 rings (SSSR count). The lowest BCUT2D eigenvalue weighted by Crippen LogP contribution is -2.41. The predicted octanol–water partition coefficient (Wildman–Crippen LogP) is 3.11. The van der Waals surface area contributed by atoms with Crippen LogP contribution in [0.4, 0.5) is 5.69 Å². The van der Waals surface area contributed by atoms with E-state index in [2.05, 4.69) is 5.32 Å². The molecule has 0 fully saturated rings. The van der Waals surface area contributed by atoms with Gasteiger partial charge in [-0.25, -0.2) is 4.79 Å². The number of benzene rings is 1. The highest BCUT2D eigenvalue weighted by molar-refractivity contribution is 7.17. The molecule has 1 amide bonds. The summed E-state index contributed by atoms with van der Waals surface area (Å²) in [5.41, 5.74) is 0.757. The van der Waals surface area contributed by atoms with E-state index in [4.69, 9.17) is 0 Å². The minimum atomic E-state index is -0.483. The molecule has 152 valence electrons. The largest absolute Gasteiger partial charge is 0.332 e. The number of aromatic nitrogens is 2. The number of fused-ring (bicyclic) bond motifs is 1. The van der Waals surface area contributed by atoms with Gasteiger partial charge in [-0.15, -0.1) is 11.3 Å². The van der Waals surface area contributed by atoms with Crippen LogP contribution in [0.1, 0.15) is 37.6 Å². The summed E-state index contributed by atoms with van der Waals surface area (Å²) in [5.74, 6) is -0.0998. The van der Waals surface area contributed by atoms with Crippen LogP contribution in [0.25, 0.3) is 10.2 Å². The van der Waals surface area contributed by atoms with Crippen LogP contribution >= 0.6 is 11.3 Å². The van der Waals surface area contributed by atoms with Gasteiger partial charge in [-0.1, -0.05) is 13.8 Å². The van der Waals surface area contributed by atoms with Crippen LogP contribution in [0.2, 0.25) is 0 Å². The van der Waals surface area contributed by atoms with E-state index < -0.39 is 5.69 Å². The molecule has 0 aliphatic carbocycles. The third kappa shape index (κ3) is 4.54. The van der Waals surface area contributed by atoms with Gasteiger partial charge in [0.25, 0.3) is 5.56 Å². The van der Waals surface area contributed by atoms with Crippen molar-refractivity contribution in [2.24, 2.45) is 5.92 Å². The molecular formula is C21H23N3O4S. The van der Waals surface area contributed by atoms with Gasteiger partial charge >= 0.3 is 5.69 Å². The third-order valence-corrected chi connectivity index (χ3v) is 5.54. The van der Waals surface area contributed by atoms with Crippen molar-refractivity contribution in [1.82, 2.24) is 9.13 Å². The van der Waals surface area contributed by atoms with Crippen LogP contribution in [0.5, 0.6) is 0 Å². The van der Waals surface area contributed by atoms with Gasteiger partial charge in [0.2, 0.25) is 5.91 Å². The zero-order valence-corrected chi connectivity index (χ0v) is 17.4. The zero-order chi connectivity index (χ0) is 21.1. The van der Waals surface area contributed by atoms with E-state index in [1.54, 1.807) is 35.7 Å².